The van der Waals surface area contributed by atoms with E-state index in [-0.39, 0.29) is 10.8 Å². The zero-order chi connectivity index (χ0) is 43.5. The maximum Gasteiger partial charge on any atom is 0.120 e. The van der Waals surface area contributed by atoms with Crippen molar-refractivity contribution in [2.75, 3.05) is 0 Å². The molecular weight excluding hydrogens is 781 g/mol. The Labute approximate surface area is 371 Å². The molecule has 3 heterocycles. The van der Waals surface area contributed by atoms with E-state index in [0.717, 1.165) is 66.8 Å². The van der Waals surface area contributed by atoms with Crippen molar-refractivity contribution in [1.82, 2.24) is 29.9 Å². The molecule has 306 valence electrons. The molecule has 0 saturated carbocycles. The molecule has 0 aliphatic heterocycles. The summed E-state index contributed by atoms with van der Waals surface area (Å²) in [6, 6.07) is 55.2. The number of fused-ring (bicyclic) bond motifs is 9. The molecule has 12 aromatic rings. The number of nitrogens with zero attached hydrogens (tertiary/aromatic N) is 6. The maximum atomic E-state index is 5.81. The number of hydrogen-bond donors (Lipinski definition) is 0. The topological polar surface area (TPSA) is 77.3 Å². The van der Waals surface area contributed by atoms with Crippen molar-refractivity contribution in [2.24, 2.45) is 0 Å². The monoisotopic (exact) mass is 824 g/mol. The minimum atomic E-state index is -0.104. The highest BCUT2D eigenvalue weighted by atomic mass is 14.9. The Morgan fingerprint density at radius 2 is 0.547 bits per heavy atom. The first-order valence-electron chi connectivity index (χ1n) is 22.0. The van der Waals surface area contributed by atoms with E-state index in [1.165, 1.54) is 32.7 Å². The highest BCUT2D eigenvalue weighted by Gasteiger charge is 2.27. The van der Waals surface area contributed by atoms with Gasteiger partial charge in [0.15, 0.2) is 0 Å². The Morgan fingerprint density at radius 3 is 0.812 bits per heavy atom. The lowest BCUT2D eigenvalue weighted by Gasteiger charge is -2.24. The van der Waals surface area contributed by atoms with Crippen molar-refractivity contribution in [3.63, 3.8) is 0 Å². The lowest BCUT2D eigenvalue weighted by atomic mass is 9.80. The van der Waals surface area contributed by atoms with Crippen LogP contribution in [0.4, 0.5) is 0 Å². The first-order chi connectivity index (χ1) is 31.0. The third-order valence-electron chi connectivity index (χ3n) is 12.8. The minimum Gasteiger partial charge on any atom is -0.241 e. The molecule has 0 saturated heterocycles. The average Bonchev–Trinajstić information content (AvgIpc) is 3.32. The van der Waals surface area contributed by atoms with E-state index in [1.807, 2.05) is 72.8 Å². The molecule has 9 aromatic carbocycles. The summed E-state index contributed by atoms with van der Waals surface area (Å²) in [5.74, 6) is 0. The Morgan fingerprint density at radius 1 is 0.281 bits per heavy atom. The van der Waals surface area contributed by atoms with E-state index >= 15 is 0 Å². The third-order valence-corrected chi connectivity index (χ3v) is 12.8. The van der Waals surface area contributed by atoms with E-state index in [0.29, 0.717) is 33.1 Å². The summed E-state index contributed by atoms with van der Waals surface area (Å²) in [5.41, 5.74) is 14.6. The van der Waals surface area contributed by atoms with Gasteiger partial charge in [0, 0.05) is 33.0 Å². The second-order valence-corrected chi connectivity index (χ2v) is 19.1. The Kier molecular flexibility index (Phi) is 8.26. The largest absolute Gasteiger partial charge is 0.241 e. The van der Waals surface area contributed by atoms with E-state index < -0.39 is 0 Å². The molecule has 6 heteroatoms. The molecule has 0 radical (unpaired) electrons. The van der Waals surface area contributed by atoms with Crippen molar-refractivity contribution in [3.8, 4) is 45.0 Å². The van der Waals surface area contributed by atoms with Crippen LogP contribution in [-0.4, -0.2) is 29.9 Å². The van der Waals surface area contributed by atoms with Crippen LogP contribution in [-0.2, 0) is 10.8 Å². The fraction of sp³-hybridized carbons (Fsp3) is 0.138. The van der Waals surface area contributed by atoms with E-state index in [1.54, 1.807) is 0 Å². The van der Waals surface area contributed by atoms with Gasteiger partial charge in [-0.25, -0.2) is 29.9 Å². The van der Waals surface area contributed by atoms with Crippen LogP contribution in [0.1, 0.15) is 52.7 Å². The lowest BCUT2D eigenvalue weighted by Crippen LogP contribution is -2.12. The van der Waals surface area contributed by atoms with Gasteiger partial charge in [0.25, 0.3) is 0 Å². The van der Waals surface area contributed by atoms with Gasteiger partial charge in [0.1, 0.15) is 33.1 Å². The molecule has 0 aliphatic carbocycles. The van der Waals surface area contributed by atoms with Crippen LogP contribution >= 0.6 is 0 Å². The van der Waals surface area contributed by atoms with Gasteiger partial charge < -0.3 is 0 Å². The fourth-order valence-corrected chi connectivity index (χ4v) is 9.43. The summed E-state index contributed by atoms with van der Waals surface area (Å²) >= 11 is 0. The highest BCUT2D eigenvalue weighted by molar-refractivity contribution is 6.34. The molecule has 0 bridgehead atoms. The van der Waals surface area contributed by atoms with Gasteiger partial charge >= 0.3 is 0 Å². The molecule has 6 nitrogen and oxygen atoms in total. The van der Waals surface area contributed by atoms with Gasteiger partial charge in [-0.15, -0.1) is 0 Å². The van der Waals surface area contributed by atoms with Crippen LogP contribution < -0.4 is 0 Å². The molecular formula is C58H44N6. The number of aromatic nitrogens is 6. The second kappa shape index (κ2) is 13.9. The number of hydrogen-bond acceptors (Lipinski definition) is 6. The number of rotatable bonds is 4. The zero-order valence-electron chi connectivity index (χ0n) is 36.7. The molecule has 0 spiro atoms. The molecule has 64 heavy (non-hydrogen) atoms. The Balaban J connectivity index is 1.34. The molecule has 3 aromatic heterocycles. The van der Waals surface area contributed by atoms with Gasteiger partial charge in [0.2, 0.25) is 0 Å². The van der Waals surface area contributed by atoms with Gasteiger partial charge in [-0.1, -0.05) is 187 Å². The normalized spacial score (nSPS) is 12.5. The molecule has 12 rings (SSSR count). The van der Waals surface area contributed by atoms with Crippen molar-refractivity contribution in [2.45, 2.75) is 52.4 Å². The van der Waals surface area contributed by atoms with E-state index in [4.69, 9.17) is 29.9 Å². The fourth-order valence-electron chi connectivity index (χ4n) is 9.43. The summed E-state index contributed by atoms with van der Waals surface area (Å²) in [4.78, 5) is 34.1. The zero-order valence-corrected chi connectivity index (χ0v) is 36.7. The van der Waals surface area contributed by atoms with Crippen LogP contribution in [0.2, 0.25) is 0 Å². The van der Waals surface area contributed by atoms with Gasteiger partial charge in [-0.2, -0.15) is 0 Å². The van der Waals surface area contributed by atoms with Crippen LogP contribution in [0.15, 0.2) is 158 Å². The maximum absolute atomic E-state index is 5.81. The molecule has 0 amide bonds. The highest BCUT2D eigenvalue weighted by Crippen LogP contribution is 2.46. The van der Waals surface area contributed by atoms with Crippen LogP contribution in [0.3, 0.4) is 0 Å². The SMILES string of the molecule is CC(C)(C)c1cc2ccc3cc(C(C)(C)C)cc4c5nc6c7nc(-c8ccccc8)c(-c8ccccc8)nc7c7nc(-c8ccccc8)c(-c8ccccc8)nc7c6nc5c(c1)c2c34. The van der Waals surface area contributed by atoms with Gasteiger partial charge in [-0.3, -0.25) is 0 Å². The van der Waals surface area contributed by atoms with Crippen LogP contribution in [0, 0.1) is 0 Å². The summed E-state index contributed by atoms with van der Waals surface area (Å²) in [6.45, 7) is 13.6. The first kappa shape index (κ1) is 38.0. The molecule has 0 unspecified atom stereocenters. The summed E-state index contributed by atoms with van der Waals surface area (Å²) in [7, 11) is 0. The molecule has 0 atom stereocenters. The van der Waals surface area contributed by atoms with E-state index in [2.05, 4.69) is 126 Å². The van der Waals surface area contributed by atoms with Gasteiger partial charge in [0.05, 0.1) is 33.8 Å². The average molecular weight is 825 g/mol. The van der Waals surface area contributed by atoms with Crippen molar-refractivity contribution in [3.05, 3.63) is 169 Å². The summed E-state index contributed by atoms with van der Waals surface area (Å²) < 4.78 is 0. The predicted molar refractivity (Wildman–Crippen MR) is 266 cm³/mol. The smallest absolute Gasteiger partial charge is 0.120 e. The van der Waals surface area contributed by atoms with Crippen molar-refractivity contribution >= 4 is 76.5 Å². The summed E-state index contributed by atoms with van der Waals surface area (Å²) in [6.07, 6.45) is 0. The van der Waals surface area contributed by atoms with Crippen LogP contribution in [0.25, 0.3) is 121 Å². The lowest BCUT2D eigenvalue weighted by molar-refractivity contribution is 0.591. The van der Waals surface area contributed by atoms with Crippen molar-refractivity contribution < 1.29 is 0 Å². The summed E-state index contributed by atoms with van der Waals surface area (Å²) in [5, 5.41) is 6.95. The molecule has 0 N–H and O–H groups in total. The number of benzene rings is 9. The Bertz CT molecular complexity index is 3560. The Hall–Kier alpha value is -7.70. The molecule has 0 aliphatic rings. The van der Waals surface area contributed by atoms with Gasteiger partial charge in [-0.05, 0) is 55.6 Å². The van der Waals surface area contributed by atoms with Crippen molar-refractivity contribution in [1.29, 1.82) is 0 Å². The molecule has 0 fully saturated rings. The predicted octanol–water partition coefficient (Wildman–Crippen LogP) is 14.8. The quantitative estimate of drug-likeness (QED) is 0.130. The van der Waals surface area contributed by atoms with E-state index in [9.17, 15) is 0 Å². The standard InChI is InChI=1S/C58H44N6/c1-57(2,3)39-29-37-27-28-38-30-40(58(4,5)6)32-42-44(38)43(37)41(31-39)49-50(42)64-56-54-52(60-46(34-21-13-8-14-22-34)48(62-54)36-25-17-10-18-26-36)51-53(55(56)63-49)61-47(35-23-15-9-16-24-35)45(59-51)33-19-11-7-12-20-33/h7-32H,1-6H3. The van der Waals surface area contributed by atoms with Crippen LogP contribution in [0.5, 0.6) is 0 Å². The third kappa shape index (κ3) is 5.93. The minimum absolute atomic E-state index is 0.104. The first-order valence-corrected chi connectivity index (χ1v) is 22.0. The second-order valence-electron chi connectivity index (χ2n) is 19.1.